The zero-order chi connectivity index (χ0) is 15.2. The molecular formula is C14H21FN2O3. The Hall–Kier alpha value is -1.69. The summed E-state index contributed by atoms with van der Waals surface area (Å²) < 4.78 is 17.6. The van der Waals surface area contributed by atoms with E-state index < -0.39 is 11.6 Å². The van der Waals surface area contributed by atoms with E-state index in [1.807, 2.05) is 20.8 Å². The number of nitrogens with zero attached hydrogens (tertiary/aromatic N) is 1. The van der Waals surface area contributed by atoms with Crippen molar-refractivity contribution in [2.45, 2.75) is 39.3 Å². The molecule has 20 heavy (non-hydrogen) atoms. The van der Waals surface area contributed by atoms with Crippen LogP contribution < -0.4 is 10.1 Å². The predicted octanol–water partition coefficient (Wildman–Crippen LogP) is 3.22. The third-order valence-electron chi connectivity index (χ3n) is 2.60. The number of hydrogen-bond acceptors (Lipinski definition) is 4. The van der Waals surface area contributed by atoms with E-state index in [9.17, 15) is 14.5 Å². The first kappa shape index (κ1) is 16.4. The molecule has 0 radical (unpaired) electrons. The minimum absolute atomic E-state index is 0.0218. The summed E-state index contributed by atoms with van der Waals surface area (Å²) in [6.07, 6.45) is 0.309. The number of rotatable bonds is 7. The third kappa shape index (κ3) is 5.52. The Kier molecular flexibility index (Phi) is 5.88. The quantitative estimate of drug-likeness (QED) is 0.474. The summed E-state index contributed by atoms with van der Waals surface area (Å²) in [7, 11) is 0. The lowest BCUT2D eigenvalue weighted by Gasteiger charge is -2.21. The molecule has 1 N–H and O–H groups in total. The first-order chi connectivity index (χ1) is 9.33. The number of halogens is 1. The van der Waals surface area contributed by atoms with Crippen LogP contribution in [-0.4, -0.2) is 23.7 Å². The van der Waals surface area contributed by atoms with E-state index in [1.54, 1.807) is 6.07 Å². The topological polar surface area (TPSA) is 64.4 Å². The molecule has 0 unspecified atom stereocenters. The van der Waals surface area contributed by atoms with Gasteiger partial charge in [-0.05, 0) is 26.8 Å². The van der Waals surface area contributed by atoms with Crippen molar-refractivity contribution < 1.29 is 14.1 Å². The Morgan fingerprint density at radius 3 is 2.65 bits per heavy atom. The van der Waals surface area contributed by atoms with Gasteiger partial charge in [-0.15, -0.1) is 0 Å². The zero-order valence-corrected chi connectivity index (χ0v) is 12.1. The maximum Gasteiger partial charge on any atom is 0.270 e. The number of non-ortho nitro benzene ring substituents is 1. The summed E-state index contributed by atoms with van der Waals surface area (Å²) in [6, 6.07) is 4.45. The molecule has 112 valence electrons. The lowest BCUT2D eigenvalue weighted by atomic mass is 10.1. The van der Waals surface area contributed by atoms with Gasteiger partial charge >= 0.3 is 0 Å². The maximum atomic E-state index is 12.1. The number of alkyl halides is 1. The molecule has 1 rings (SSSR count). The van der Waals surface area contributed by atoms with Crippen molar-refractivity contribution in [2.24, 2.45) is 0 Å². The fourth-order valence-corrected chi connectivity index (χ4v) is 1.56. The van der Waals surface area contributed by atoms with E-state index in [0.29, 0.717) is 24.3 Å². The van der Waals surface area contributed by atoms with E-state index in [1.165, 1.54) is 12.1 Å². The fraction of sp³-hybridized carbons (Fsp3) is 0.571. The lowest BCUT2D eigenvalue weighted by Crippen LogP contribution is -2.35. The molecule has 0 amide bonds. The maximum absolute atomic E-state index is 12.1. The molecule has 1 aromatic rings. The van der Waals surface area contributed by atoms with Crippen LogP contribution in [0, 0.1) is 10.1 Å². The molecule has 5 nitrogen and oxygen atoms in total. The van der Waals surface area contributed by atoms with E-state index in [-0.39, 0.29) is 17.8 Å². The predicted molar refractivity (Wildman–Crippen MR) is 75.8 cm³/mol. The van der Waals surface area contributed by atoms with Gasteiger partial charge in [-0.25, -0.2) is 0 Å². The Bertz CT molecular complexity index is 458. The second kappa shape index (κ2) is 7.19. The highest BCUT2D eigenvalue weighted by Gasteiger charge is 2.15. The summed E-state index contributed by atoms with van der Waals surface area (Å²) in [5.41, 5.74) is 0.613. The van der Waals surface area contributed by atoms with E-state index >= 15 is 0 Å². The first-order valence-corrected chi connectivity index (χ1v) is 6.54. The van der Waals surface area contributed by atoms with Crippen LogP contribution in [0.3, 0.4) is 0 Å². The Balaban J connectivity index is 2.88. The van der Waals surface area contributed by atoms with Crippen molar-refractivity contribution in [3.8, 4) is 5.75 Å². The first-order valence-electron chi connectivity index (χ1n) is 6.54. The van der Waals surface area contributed by atoms with Gasteiger partial charge in [0.05, 0.1) is 18.2 Å². The monoisotopic (exact) mass is 284 g/mol. The minimum Gasteiger partial charge on any atom is -0.493 e. The second-order valence-electron chi connectivity index (χ2n) is 5.54. The highest BCUT2D eigenvalue weighted by molar-refractivity contribution is 5.43. The molecule has 0 heterocycles. The molecule has 0 aliphatic heterocycles. The van der Waals surface area contributed by atoms with Crippen molar-refractivity contribution in [3.63, 3.8) is 0 Å². The number of hydrogen-bond donors (Lipinski definition) is 1. The summed E-state index contributed by atoms with van der Waals surface area (Å²) in [5.74, 6) is 0.556. The lowest BCUT2D eigenvalue weighted by molar-refractivity contribution is -0.384. The smallest absolute Gasteiger partial charge is 0.270 e. The minimum atomic E-state index is -0.442. The van der Waals surface area contributed by atoms with Crippen molar-refractivity contribution >= 4 is 5.69 Å². The molecule has 0 aliphatic rings. The zero-order valence-electron chi connectivity index (χ0n) is 12.1. The second-order valence-corrected chi connectivity index (χ2v) is 5.54. The number of benzene rings is 1. The molecule has 6 heteroatoms. The normalized spacial score (nSPS) is 11.4. The molecule has 0 bridgehead atoms. The average Bonchev–Trinajstić information content (AvgIpc) is 2.36. The summed E-state index contributed by atoms with van der Waals surface area (Å²) in [4.78, 5) is 10.4. The highest BCUT2D eigenvalue weighted by Crippen LogP contribution is 2.25. The Labute approximate surface area is 118 Å². The van der Waals surface area contributed by atoms with E-state index in [2.05, 4.69) is 5.32 Å². The van der Waals surface area contributed by atoms with Crippen LogP contribution in [0.15, 0.2) is 18.2 Å². The molecule has 0 aliphatic carbocycles. The summed E-state index contributed by atoms with van der Waals surface area (Å²) in [5, 5.41) is 14.1. The van der Waals surface area contributed by atoms with Crippen LogP contribution in [0.4, 0.5) is 10.1 Å². The van der Waals surface area contributed by atoms with Gasteiger partial charge in [0, 0.05) is 36.2 Å². The van der Waals surface area contributed by atoms with Crippen LogP contribution in [-0.2, 0) is 6.54 Å². The molecule has 0 spiro atoms. The largest absolute Gasteiger partial charge is 0.493 e. The number of nitro benzene ring substituents is 1. The molecular weight excluding hydrogens is 263 g/mol. The van der Waals surface area contributed by atoms with Gasteiger partial charge in [0.2, 0.25) is 0 Å². The molecule has 0 saturated heterocycles. The third-order valence-corrected chi connectivity index (χ3v) is 2.60. The average molecular weight is 284 g/mol. The van der Waals surface area contributed by atoms with Crippen LogP contribution in [0.5, 0.6) is 5.75 Å². The standard InChI is InChI=1S/C14H21FN2O3/c1-14(2,3)16-10-11-9-12(17(18)19)5-6-13(11)20-8-4-7-15/h5-6,9,16H,4,7-8,10H2,1-3H3. The Morgan fingerprint density at radius 2 is 2.10 bits per heavy atom. The highest BCUT2D eigenvalue weighted by atomic mass is 19.1. The Morgan fingerprint density at radius 1 is 1.40 bits per heavy atom. The van der Waals surface area contributed by atoms with E-state index in [4.69, 9.17) is 4.74 Å². The molecule has 0 aromatic heterocycles. The van der Waals surface area contributed by atoms with Crippen LogP contribution in [0.2, 0.25) is 0 Å². The van der Waals surface area contributed by atoms with Crippen molar-refractivity contribution in [1.82, 2.24) is 5.32 Å². The van der Waals surface area contributed by atoms with Crippen molar-refractivity contribution in [2.75, 3.05) is 13.3 Å². The van der Waals surface area contributed by atoms with Gasteiger partial charge in [0.25, 0.3) is 5.69 Å². The van der Waals surface area contributed by atoms with Crippen LogP contribution in [0.1, 0.15) is 32.8 Å². The number of nitrogens with one attached hydrogen (secondary N) is 1. The molecule has 0 atom stereocenters. The van der Waals surface area contributed by atoms with Crippen molar-refractivity contribution in [1.29, 1.82) is 0 Å². The molecule has 0 fully saturated rings. The molecule has 0 saturated carbocycles. The van der Waals surface area contributed by atoms with Crippen molar-refractivity contribution in [3.05, 3.63) is 33.9 Å². The van der Waals surface area contributed by atoms with E-state index in [0.717, 1.165) is 0 Å². The number of nitro groups is 1. The van der Waals surface area contributed by atoms with Gasteiger partial charge in [-0.1, -0.05) is 0 Å². The SMILES string of the molecule is CC(C)(C)NCc1cc([N+](=O)[O-])ccc1OCCCF. The summed E-state index contributed by atoms with van der Waals surface area (Å²) in [6.45, 7) is 6.30. The van der Waals surface area contributed by atoms with Crippen LogP contribution >= 0.6 is 0 Å². The fourth-order valence-electron chi connectivity index (χ4n) is 1.56. The van der Waals surface area contributed by atoms with Gasteiger partial charge < -0.3 is 10.1 Å². The van der Waals surface area contributed by atoms with Gasteiger partial charge in [0.15, 0.2) is 0 Å². The van der Waals surface area contributed by atoms with Crippen LogP contribution in [0.25, 0.3) is 0 Å². The van der Waals surface area contributed by atoms with Gasteiger partial charge in [-0.3, -0.25) is 14.5 Å². The van der Waals surface area contributed by atoms with Gasteiger partial charge in [-0.2, -0.15) is 0 Å². The molecule has 1 aromatic carbocycles. The van der Waals surface area contributed by atoms with Gasteiger partial charge in [0.1, 0.15) is 5.75 Å². The summed E-state index contributed by atoms with van der Waals surface area (Å²) >= 11 is 0. The number of ether oxygens (including phenoxy) is 1.